The van der Waals surface area contributed by atoms with E-state index in [1.165, 1.54) is 18.2 Å². The lowest BCUT2D eigenvalue weighted by atomic mass is 9.96. The smallest absolute Gasteiger partial charge is 0.339 e. The first-order valence-corrected chi connectivity index (χ1v) is 7.26. The first-order chi connectivity index (χ1) is 10.9. The molecule has 0 radical (unpaired) electrons. The maximum atomic E-state index is 12.0. The fourth-order valence-corrected chi connectivity index (χ4v) is 1.99. The van der Waals surface area contributed by atoms with E-state index in [0.29, 0.717) is 12.8 Å². The van der Waals surface area contributed by atoms with E-state index in [4.69, 9.17) is 4.74 Å². The third-order valence-electron chi connectivity index (χ3n) is 3.52. The molecule has 0 atom stereocenters. The molecule has 6 nitrogen and oxygen atoms in total. The largest absolute Gasteiger partial charge is 0.545 e. The summed E-state index contributed by atoms with van der Waals surface area (Å²) in [6.07, 6.45) is 2.13. The summed E-state index contributed by atoms with van der Waals surface area (Å²) >= 11 is 0. The van der Waals surface area contributed by atoms with Gasteiger partial charge in [-0.2, -0.15) is 0 Å². The standard InChI is InChI=1S/C17H20O6/c1-3-12(4-2)10-11-17(15(19)20,16(21)22)23-14(18)13-8-6-5-7-9-13/h5-10H,3-4,11H2,1-2H3,(H,19,20)(H,21,22)/p-2. The Hall–Kier alpha value is -2.63. The summed E-state index contributed by atoms with van der Waals surface area (Å²) in [5, 5.41) is 22.8. The maximum absolute atomic E-state index is 12.0. The normalized spacial score (nSPS) is 10.7. The number of rotatable bonds is 8. The van der Waals surface area contributed by atoms with Crippen LogP contribution >= 0.6 is 0 Å². The average molecular weight is 318 g/mol. The molecule has 0 aliphatic rings. The molecule has 1 aromatic carbocycles. The lowest BCUT2D eigenvalue weighted by Gasteiger charge is -2.34. The monoisotopic (exact) mass is 318 g/mol. The summed E-state index contributed by atoms with van der Waals surface area (Å²) in [7, 11) is 0. The van der Waals surface area contributed by atoms with Gasteiger partial charge in [0.2, 0.25) is 0 Å². The summed E-state index contributed by atoms with van der Waals surface area (Å²) in [4.78, 5) is 34.8. The number of ether oxygens (including phenoxy) is 1. The van der Waals surface area contributed by atoms with Crippen molar-refractivity contribution in [2.45, 2.75) is 38.7 Å². The average Bonchev–Trinajstić information content (AvgIpc) is 2.54. The van der Waals surface area contributed by atoms with Crippen LogP contribution in [0, 0.1) is 0 Å². The third-order valence-corrected chi connectivity index (χ3v) is 3.52. The topological polar surface area (TPSA) is 107 Å². The Bertz CT molecular complexity index is 583. The quantitative estimate of drug-likeness (QED) is 0.385. The number of esters is 1. The van der Waals surface area contributed by atoms with Gasteiger partial charge in [-0.05, 0) is 25.0 Å². The Kier molecular flexibility index (Phi) is 6.50. The van der Waals surface area contributed by atoms with E-state index in [-0.39, 0.29) is 5.56 Å². The van der Waals surface area contributed by atoms with Gasteiger partial charge in [0.05, 0.1) is 17.5 Å². The second-order valence-electron chi connectivity index (χ2n) is 4.93. The highest BCUT2D eigenvalue weighted by Gasteiger charge is 2.37. The Morgan fingerprint density at radius 2 is 1.57 bits per heavy atom. The van der Waals surface area contributed by atoms with Crippen molar-refractivity contribution >= 4 is 17.9 Å². The minimum absolute atomic E-state index is 0.0366. The van der Waals surface area contributed by atoms with Gasteiger partial charge >= 0.3 is 5.97 Å². The van der Waals surface area contributed by atoms with E-state index >= 15 is 0 Å². The van der Waals surface area contributed by atoms with Crippen molar-refractivity contribution in [1.82, 2.24) is 0 Å². The van der Waals surface area contributed by atoms with E-state index in [1.807, 2.05) is 13.8 Å². The van der Waals surface area contributed by atoms with Gasteiger partial charge in [-0.25, -0.2) is 4.79 Å². The van der Waals surface area contributed by atoms with Gasteiger partial charge in [0, 0.05) is 6.42 Å². The summed E-state index contributed by atoms with van der Waals surface area (Å²) < 4.78 is 4.78. The van der Waals surface area contributed by atoms with Crippen LogP contribution in [0.1, 0.15) is 43.5 Å². The van der Waals surface area contributed by atoms with Crippen LogP contribution < -0.4 is 10.2 Å². The SMILES string of the molecule is CCC(=CCC(OC(=O)c1ccccc1)(C(=O)[O-])C(=O)[O-])CC. The molecular weight excluding hydrogens is 300 g/mol. The Morgan fingerprint density at radius 3 is 2.00 bits per heavy atom. The van der Waals surface area contributed by atoms with Crippen molar-refractivity contribution in [3.63, 3.8) is 0 Å². The molecule has 0 saturated heterocycles. The number of carbonyl (C=O) groups is 3. The molecule has 0 heterocycles. The molecule has 0 amide bonds. The van der Waals surface area contributed by atoms with Gasteiger partial charge in [-0.1, -0.05) is 43.7 Å². The molecule has 0 spiro atoms. The fraction of sp³-hybridized carbons (Fsp3) is 0.353. The van der Waals surface area contributed by atoms with Gasteiger partial charge < -0.3 is 24.5 Å². The lowest BCUT2D eigenvalue weighted by molar-refractivity contribution is -0.348. The zero-order chi connectivity index (χ0) is 17.5. The molecule has 0 aromatic heterocycles. The van der Waals surface area contributed by atoms with Crippen LogP contribution in [0.5, 0.6) is 0 Å². The van der Waals surface area contributed by atoms with Crippen molar-refractivity contribution in [2.75, 3.05) is 0 Å². The van der Waals surface area contributed by atoms with Crippen LogP contribution in [0.2, 0.25) is 0 Å². The highest BCUT2D eigenvalue weighted by atomic mass is 16.6. The highest BCUT2D eigenvalue weighted by Crippen LogP contribution is 2.21. The predicted molar refractivity (Wildman–Crippen MR) is 77.9 cm³/mol. The number of benzene rings is 1. The number of carboxylic acid groups (broad SMARTS) is 2. The Labute approximate surface area is 134 Å². The van der Waals surface area contributed by atoms with E-state index in [9.17, 15) is 24.6 Å². The molecule has 0 unspecified atom stereocenters. The summed E-state index contributed by atoms with van der Waals surface area (Å²) in [6.45, 7) is 3.70. The van der Waals surface area contributed by atoms with Crippen LogP contribution in [-0.4, -0.2) is 23.5 Å². The second kappa shape index (κ2) is 8.12. The molecular formula is C17H18O6-2. The van der Waals surface area contributed by atoms with Crippen molar-refractivity contribution in [3.05, 3.63) is 47.5 Å². The molecule has 0 aliphatic carbocycles. The van der Waals surface area contributed by atoms with Gasteiger partial charge in [0.25, 0.3) is 0 Å². The van der Waals surface area contributed by atoms with Gasteiger partial charge in [0.1, 0.15) is 0 Å². The van der Waals surface area contributed by atoms with Crippen LogP contribution in [0.15, 0.2) is 42.0 Å². The van der Waals surface area contributed by atoms with Crippen LogP contribution in [0.3, 0.4) is 0 Å². The molecule has 6 heteroatoms. The first-order valence-electron chi connectivity index (χ1n) is 7.26. The van der Waals surface area contributed by atoms with Crippen molar-refractivity contribution in [2.24, 2.45) is 0 Å². The molecule has 0 bridgehead atoms. The first kappa shape index (κ1) is 18.4. The van der Waals surface area contributed by atoms with Crippen molar-refractivity contribution in [3.8, 4) is 0 Å². The minimum atomic E-state index is -2.86. The van der Waals surface area contributed by atoms with Crippen molar-refractivity contribution < 1.29 is 29.3 Å². The Balaban J connectivity index is 3.14. The molecule has 0 N–H and O–H groups in total. The molecule has 0 saturated carbocycles. The molecule has 1 aromatic rings. The zero-order valence-electron chi connectivity index (χ0n) is 13.0. The van der Waals surface area contributed by atoms with E-state index in [2.05, 4.69) is 0 Å². The number of hydrogen-bond acceptors (Lipinski definition) is 6. The van der Waals surface area contributed by atoms with E-state index in [1.54, 1.807) is 18.2 Å². The number of aliphatic carboxylic acids is 2. The maximum Gasteiger partial charge on any atom is 0.339 e. The summed E-state index contributed by atoms with van der Waals surface area (Å²) in [5.41, 5.74) is -1.98. The molecule has 23 heavy (non-hydrogen) atoms. The van der Waals surface area contributed by atoms with Crippen LogP contribution in [0.25, 0.3) is 0 Å². The van der Waals surface area contributed by atoms with Crippen LogP contribution in [0.4, 0.5) is 0 Å². The van der Waals surface area contributed by atoms with E-state index < -0.39 is 29.9 Å². The third kappa shape index (κ3) is 4.42. The van der Waals surface area contributed by atoms with Crippen molar-refractivity contribution in [1.29, 1.82) is 0 Å². The highest BCUT2D eigenvalue weighted by molar-refractivity contribution is 6.03. The van der Waals surface area contributed by atoms with Gasteiger partial charge in [0.15, 0.2) is 5.60 Å². The number of carboxylic acids is 2. The molecule has 0 fully saturated rings. The van der Waals surface area contributed by atoms with Gasteiger partial charge in [-0.15, -0.1) is 0 Å². The lowest BCUT2D eigenvalue weighted by Crippen LogP contribution is -2.61. The Morgan fingerprint density at radius 1 is 1.04 bits per heavy atom. The molecule has 1 rings (SSSR count). The fourth-order valence-electron chi connectivity index (χ4n) is 1.99. The summed E-state index contributed by atoms with van der Waals surface area (Å²) in [5.74, 6) is -5.11. The zero-order valence-corrected chi connectivity index (χ0v) is 13.0. The second-order valence-corrected chi connectivity index (χ2v) is 4.93. The van der Waals surface area contributed by atoms with Gasteiger partial charge in [-0.3, -0.25) is 0 Å². The van der Waals surface area contributed by atoms with Crippen LogP contribution in [-0.2, 0) is 14.3 Å². The number of hydrogen-bond donors (Lipinski definition) is 0. The predicted octanol–water partition coefficient (Wildman–Crippen LogP) is 0.218. The minimum Gasteiger partial charge on any atom is -0.545 e. The van der Waals surface area contributed by atoms with E-state index in [0.717, 1.165) is 5.57 Å². The molecule has 0 aliphatic heterocycles. The number of allylic oxidation sites excluding steroid dienone is 1. The summed E-state index contributed by atoms with van der Waals surface area (Å²) in [6, 6.07) is 7.51. The number of carbonyl (C=O) groups excluding carboxylic acids is 3. The molecule has 124 valence electrons.